The minimum absolute atomic E-state index is 0.0743. The van der Waals surface area contributed by atoms with E-state index in [1.807, 2.05) is 13.0 Å². The third-order valence-corrected chi connectivity index (χ3v) is 6.21. The molecule has 29 heavy (non-hydrogen) atoms. The summed E-state index contributed by atoms with van der Waals surface area (Å²) in [6, 6.07) is 6.11. The van der Waals surface area contributed by atoms with E-state index in [1.54, 1.807) is 26.2 Å². The fourth-order valence-corrected chi connectivity index (χ4v) is 4.26. The molecule has 1 aromatic rings. The number of anilines is 1. The van der Waals surface area contributed by atoms with E-state index >= 15 is 0 Å². The maximum absolute atomic E-state index is 12.5. The maximum atomic E-state index is 12.5. The van der Waals surface area contributed by atoms with Crippen LogP contribution in [0.2, 0.25) is 0 Å². The van der Waals surface area contributed by atoms with Gasteiger partial charge in [-0.1, -0.05) is 6.07 Å². The zero-order chi connectivity index (χ0) is 21.0. The van der Waals surface area contributed by atoms with E-state index in [0.717, 1.165) is 31.5 Å². The van der Waals surface area contributed by atoms with Crippen LogP contribution in [-0.2, 0) is 0 Å². The van der Waals surface area contributed by atoms with Gasteiger partial charge in [-0.3, -0.25) is 4.79 Å². The molecule has 0 bridgehead atoms. The smallest absolute Gasteiger partial charge is 0.319 e. The number of aryl methyl sites for hydroxylation is 1. The number of carbonyl (C=O) groups is 2. The van der Waals surface area contributed by atoms with Crippen LogP contribution in [0, 0.1) is 6.92 Å². The first-order valence-electron chi connectivity index (χ1n) is 10.7. The van der Waals surface area contributed by atoms with Crippen LogP contribution in [0.15, 0.2) is 18.2 Å². The van der Waals surface area contributed by atoms with Crippen molar-refractivity contribution in [2.75, 3.05) is 52.6 Å². The number of benzene rings is 1. The molecular weight excluding hydrogens is 366 g/mol. The Balaban J connectivity index is 1.49. The molecule has 2 N–H and O–H groups in total. The van der Waals surface area contributed by atoms with Crippen molar-refractivity contribution < 1.29 is 9.59 Å². The van der Waals surface area contributed by atoms with Gasteiger partial charge in [-0.05, 0) is 70.4 Å². The molecule has 2 saturated heterocycles. The van der Waals surface area contributed by atoms with Gasteiger partial charge in [-0.15, -0.1) is 0 Å². The van der Waals surface area contributed by atoms with Gasteiger partial charge in [0.2, 0.25) is 0 Å². The highest BCUT2D eigenvalue weighted by atomic mass is 16.2. The summed E-state index contributed by atoms with van der Waals surface area (Å²) in [7, 11) is 5.64. The lowest BCUT2D eigenvalue weighted by atomic mass is 9.98. The molecule has 0 spiro atoms. The molecule has 3 amide bonds. The number of amides is 3. The number of piperidine rings is 2. The van der Waals surface area contributed by atoms with Crippen LogP contribution in [0.25, 0.3) is 0 Å². The lowest BCUT2D eigenvalue weighted by Crippen LogP contribution is -2.51. The highest BCUT2D eigenvalue weighted by Gasteiger charge is 2.28. The number of hydrogen-bond donors (Lipinski definition) is 2. The Bertz CT molecular complexity index is 720. The topological polar surface area (TPSA) is 67.9 Å². The molecule has 0 atom stereocenters. The van der Waals surface area contributed by atoms with Gasteiger partial charge in [0.1, 0.15) is 0 Å². The van der Waals surface area contributed by atoms with Crippen molar-refractivity contribution in [1.29, 1.82) is 0 Å². The number of urea groups is 1. The van der Waals surface area contributed by atoms with E-state index in [2.05, 4.69) is 27.5 Å². The van der Waals surface area contributed by atoms with Gasteiger partial charge in [0, 0.05) is 50.5 Å². The molecule has 2 heterocycles. The number of nitrogens with zero attached hydrogens (tertiary/aromatic N) is 3. The Morgan fingerprint density at radius 1 is 1.03 bits per heavy atom. The van der Waals surface area contributed by atoms with Gasteiger partial charge in [0.05, 0.1) is 0 Å². The molecule has 7 nitrogen and oxygen atoms in total. The Morgan fingerprint density at radius 2 is 1.69 bits per heavy atom. The van der Waals surface area contributed by atoms with Gasteiger partial charge in [-0.25, -0.2) is 4.79 Å². The molecule has 160 valence electrons. The third kappa shape index (κ3) is 5.70. The SMILES string of the molecule is Cc1ccc(C(=O)N(C)C)cc1NC(=O)NC1CCN(C2CCN(C)CC2)CC1. The zero-order valence-electron chi connectivity index (χ0n) is 18.2. The normalized spacial score (nSPS) is 19.7. The van der Waals surface area contributed by atoms with Crippen LogP contribution in [0.1, 0.15) is 41.6 Å². The molecule has 0 aromatic heterocycles. The number of rotatable bonds is 4. The molecule has 0 radical (unpaired) electrons. The number of hydrogen-bond acceptors (Lipinski definition) is 4. The minimum atomic E-state index is -0.194. The van der Waals surface area contributed by atoms with Gasteiger partial charge in [-0.2, -0.15) is 0 Å². The highest BCUT2D eigenvalue weighted by Crippen LogP contribution is 2.21. The number of likely N-dealkylation sites (tertiary alicyclic amines) is 2. The second-order valence-electron chi connectivity index (χ2n) is 8.67. The van der Waals surface area contributed by atoms with Crippen molar-refractivity contribution >= 4 is 17.6 Å². The third-order valence-electron chi connectivity index (χ3n) is 6.21. The van der Waals surface area contributed by atoms with Crippen LogP contribution in [0.4, 0.5) is 10.5 Å². The van der Waals surface area contributed by atoms with Crippen molar-refractivity contribution in [3.05, 3.63) is 29.3 Å². The first kappa shape index (κ1) is 21.6. The van der Waals surface area contributed by atoms with Crippen LogP contribution in [0.3, 0.4) is 0 Å². The van der Waals surface area contributed by atoms with Crippen molar-refractivity contribution in [1.82, 2.24) is 20.0 Å². The van der Waals surface area contributed by atoms with E-state index in [9.17, 15) is 9.59 Å². The predicted octanol–water partition coefficient (Wildman–Crippen LogP) is 2.38. The van der Waals surface area contributed by atoms with Crippen LogP contribution < -0.4 is 10.6 Å². The summed E-state index contributed by atoms with van der Waals surface area (Å²) < 4.78 is 0. The van der Waals surface area contributed by atoms with Gasteiger partial charge in [0.25, 0.3) is 5.91 Å². The monoisotopic (exact) mass is 401 g/mol. The van der Waals surface area contributed by atoms with Crippen LogP contribution >= 0.6 is 0 Å². The molecule has 0 saturated carbocycles. The molecule has 0 aliphatic carbocycles. The summed E-state index contributed by atoms with van der Waals surface area (Å²) in [5.41, 5.74) is 2.19. The second-order valence-corrected chi connectivity index (χ2v) is 8.67. The second kappa shape index (κ2) is 9.59. The van der Waals surface area contributed by atoms with E-state index in [-0.39, 0.29) is 18.0 Å². The highest BCUT2D eigenvalue weighted by molar-refractivity contribution is 5.97. The van der Waals surface area contributed by atoms with Crippen molar-refractivity contribution in [3.63, 3.8) is 0 Å². The van der Waals surface area contributed by atoms with Gasteiger partial charge in [0.15, 0.2) is 0 Å². The van der Waals surface area contributed by atoms with E-state index in [4.69, 9.17) is 0 Å². The van der Waals surface area contributed by atoms with E-state index in [1.165, 1.54) is 30.8 Å². The molecule has 1 aromatic carbocycles. The first-order chi connectivity index (χ1) is 13.8. The molecular formula is C22H35N5O2. The van der Waals surface area contributed by atoms with E-state index < -0.39 is 0 Å². The van der Waals surface area contributed by atoms with Crippen molar-refractivity contribution in [2.24, 2.45) is 0 Å². The molecule has 2 aliphatic rings. The summed E-state index contributed by atoms with van der Waals surface area (Å²) in [5, 5.41) is 6.05. The standard InChI is InChI=1S/C22H35N5O2/c1-16-5-6-17(21(28)25(2)3)15-20(16)24-22(29)23-18-7-13-27(14-8-18)19-9-11-26(4)12-10-19/h5-6,15,18-19H,7-14H2,1-4H3,(H2,23,24,29). The van der Waals surface area contributed by atoms with Crippen molar-refractivity contribution in [2.45, 2.75) is 44.7 Å². The predicted molar refractivity (Wildman–Crippen MR) is 116 cm³/mol. The Labute approximate surface area is 174 Å². The first-order valence-corrected chi connectivity index (χ1v) is 10.7. The largest absolute Gasteiger partial charge is 0.345 e. The summed E-state index contributed by atoms with van der Waals surface area (Å²) >= 11 is 0. The molecule has 3 rings (SSSR count). The molecule has 2 aliphatic heterocycles. The van der Waals surface area contributed by atoms with Crippen LogP contribution in [0.5, 0.6) is 0 Å². The average Bonchev–Trinajstić information content (AvgIpc) is 2.70. The summed E-state index contributed by atoms with van der Waals surface area (Å²) in [4.78, 5) is 31.2. The number of nitrogens with one attached hydrogen (secondary N) is 2. The maximum Gasteiger partial charge on any atom is 0.319 e. The van der Waals surface area contributed by atoms with Gasteiger partial charge >= 0.3 is 6.03 Å². The molecule has 0 unspecified atom stereocenters. The summed E-state index contributed by atoms with van der Waals surface area (Å²) in [5.74, 6) is -0.0743. The molecule has 7 heteroatoms. The Hall–Kier alpha value is -2.12. The van der Waals surface area contributed by atoms with Crippen LogP contribution in [-0.4, -0.2) is 86.0 Å². The van der Waals surface area contributed by atoms with Gasteiger partial charge < -0.3 is 25.3 Å². The fourth-order valence-electron chi connectivity index (χ4n) is 4.26. The Morgan fingerprint density at radius 3 is 2.31 bits per heavy atom. The van der Waals surface area contributed by atoms with E-state index in [0.29, 0.717) is 17.3 Å². The average molecular weight is 402 g/mol. The minimum Gasteiger partial charge on any atom is -0.345 e. The lowest BCUT2D eigenvalue weighted by Gasteiger charge is -2.41. The number of carbonyl (C=O) groups excluding carboxylic acids is 2. The lowest BCUT2D eigenvalue weighted by molar-refractivity contribution is 0.0827. The van der Waals surface area contributed by atoms with Crippen molar-refractivity contribution in [3.8, 4) is 0 Å². The molecule has 2 fully saturated rings. The quantitative estimate of drug-likeness (QED) is 0.813. The summed E-state index contributed by atoms with van der Waals surface area (Å²) in [6.45, 7) is 6.38. The fraction of sp³-hybridized carbons (Fsp3) is 0.636. The zero-order valence-corrected chi connectivity index (χ0v) is 18.2. The Kier molecular flexibility index (Phi) is 7.14. The summed E-state index contributed by atoms with van der Waals surface area (Å²) in [6.07, 6.45) is 4.46.